The van der Waals surface area contributed by atoms with Crippen LogP contribution >= 0.6 is 11.6 Å². The van der Waals surface area contributed by atoms with Gasteiger partial charge in [-0.1, -0.05) is 23.7 Å². The van der Waals surface area contributed by atoms with Crippen LogP contribution in [0, 0.1) is 23.7 Å². The molecule has 0 unspecified atom stereocenters. The number of hydrogen-bond acceptors (Lipinski definition) is 5. The van der Waals surface area contributed by atoms with Crippen molar-refractivity contribution in [3.05, 3.63) is 74.3 Å². The number of para-hydroxylation sites is 1. The number of fused-ring (bicyclic) bond motifs is 4. The van der Waals surface area contributed by atoms with Crippen molar-refractivity contribution in [2.45, 2.75) is 63.8 Å². The lowest BCUT2D eigenvalue weighted by Crippen LogP contribution is -2.45. The molecular formula is C27H27ClN4O3. The Labute approximate surface area is 208 Å². The average Bonchev–Trinajstić information content (AvgIpc) is 2.87. The SMILES string of the molecule is Cc1c(C23CCC(C#N)(CC2)CC3)nc2c([C@@H](C)Nc3ccccc3C(=O)O)cc(Cl)cn2c1=O. The van der Waals surface area contributed by atoms with Crippen molar-refractivity contribution in [2.24, 2.45) is 5.41 Å². The second-order valence-corrected chi connectivity index (χ2v) is 10.5. The van der Waals surface area contributed by atoms with E-state index >= 15 is 0 Å². The Morgan fingerprint density at radius 1 is 1.23 bits per heavy atom. The van der Waals surface area contributed by atoms with Crippen LogP contribution in [0.5, 0.6) is 0 Å². The van der Waals surface area contributed by atoms with E-state index in [1.165, 1.54) is 4.40 Å². The molecule has 0 aliphatic heterocycles. The molecule has 35 heavy (non-hydrogen) atoms. The molecular weight excluding hydrogens is 464 g/mol. The maximum absolute atomic E-state index is 13.5. The molecule has 1 atom stereocenters. The van der Waals surface area contributed by atoms with E-state index in [9.17, 15) is 20.0 Å². The zero-order chi connectivity index (χ0) is 25.0. The van der Waals surface area contributed by atoms with E-state index in [2.05, 4.69) is 11.4 Å². The van der Waals surface area contributed by atoms with Crippen LogP contribution in [0.1, 0.15) is 78.7 Å². The van der Waals surface area contributed by atoms with Crippen LogP contribution in [0.3, 0.4) is 0 Å². The zero-order valence-electron chi connectivity index (χ0n) is 19.8. The van der Waals surface area contributed by atoms with Crippen LogP contribution in [0.15, 0.2) is 41.3 Å². The Bertz CT molecular complexity index is 1430. The van der Waals surface area contributed by atoms with E-state index in [0.29, 0.717) is 27.5 Å². The van der Waals surface area contributed by atoms with Gasteiger partial charge in [-0.3, -0.25) is 9.20 Å². The third kappa shape index (κ3) is 3.77. The van der Waals surface area contributed by atoms with Crippen molar-refractivity contribution >= 4 is 28.9 Å². The largest absolute Gasteiger partial charge is 0.478 e. The van der Waals surface area contributed by atoms with Crippen molar-refractivity contribution in [2.75, 3.05) is 5.32 Å². The summed E-state index contributed by atoms with van der Waals surface area (Å²) in [6.45, 7) is 3.73. The minimum Gasteiger partial charge on any atom is -0.478 e. The minimum atomic E-state index is -1.02. The van der Waals surface area contributed by atoms with E-state index in [1.54, 1.807) is 36.5 Å². The lowest BCUT2D eigenvalue weighted by Gasteiger charge is -2.50. The lowest BCUT2D eigenvalue weighted by molar-refractivity contribution is 0.0698. The Morgan fingerprint density at radius 3 is 2.51 bits per heavy atom. The first kappa shape index (κ1) is 23.4. The van der Waals surface area contributed by atoms with Gasteiger partial charge in [0.1, 0.15) is 5.65 Å². The predicted molar refractivity (Wildman–Crippen MR) is 134 cm³/mol. The minimum absolute atomic E-state index is 0.149. The third-order valence-electron chi connectivity index (χ3n) is 8.13. The summed E-state index contributed by atoms with van der Waals surface area (Å²) in [6, 6.07) is 10.7. The molecule has 0 saturated heterocycles. The molecule has 0 radical (unpaired) electrons. The molecule has 3 saturated carbocycles. The molecule has 0 amide bonds. The molecule has 7 nitrogen and oxygen atoms in total. The van der Waals surface area contributed by atoms with E-state index in [1.807, 2.05) is 13.8 Å². The van der Waals surface area contributed by atoms with Crippen molar-refractivity contribution < 1.29 is 9.90 Å². The molecule has 8 heteroatoms. The van der Waals surface area contributed by atoms with Crippen molar-refractivity contribution in [3.63, 3.8) is 0 Å². The summed E-state index contributed by atoms with van der Waals surface area (Å²) in [7, 11) is 0. The second-order valence-electron chi connectivity index (χ2n) is 10.1. The van der Waals surface area contributed by atoms with Crippen molar-refractivity contribution in [3.8, 4) is 6.07 Å². The summed E-state index contributed by atoms with van der Waals surface area (Å²) in [5.74, 6) is -1.02. The summed E-state index contributed by atoms with van der Waals surface area (Å²) in [4.78, 5) is 30.3. The molecule has 1 aromatic carbocycles. The van der Waals surface area contributed by atoms with Gasteiger partial charge in [0.15, 0.2) is 0 Å². The van der Waals surface area contributed by atoms with Crippen LogP contribution in [0.4, 0.5) is 5.69 Å². The van der Waals surface area contributed by atoms with Gasteiger partial charge in [0.05, 0.1) is 33.8 Å². The van der Waals surface area contributed by atoms with Gasteiger partial charge < -0.3 is 10.4 Å². The highest BCUT2D eigenvalue weighted by molar-refractivity contribution is 6.30. The molecule has 2 heterocycles. The van der Waals surface area contributed by atoms with Gasteiger partial charge in [-0.05, 0) is 70.6 Å². The number of nitrogens with zero attached hydrogens (tertiary/aromatic N) is 3. The maximum Gasteiger partial charge on any atom is 0.337 e. The molecule has 2 N–H and O–H groups in total. The summed E-state index contributed by atoms with van der Waals surface area (Å²) >= 11 is 6.42. The van der Waals surface area contributed by atoms with Crippen LogP contribution in [0.25, 0.3) is 5.65 Å². The molecule has 2 aromatic heterocycles. The molecule has 3 fully saturated rings. The summed E-state index contributed by atoms with van der Waals surface area (Å²) in [6.07, 6.45) is 6.65. The normalized spacial score (nSPS) is 24.2. The standard InChI is InChI=1S/C27H27ClN4O3/c1-16-22(27-10-7-26(15-29,8-11-27)9-12-27)31-23-20(13-18(28)14-32(23)24(16)33)17(2)30-21-6-4-3-5-19(21)25(34)35/h3-6,13-14,17,30H,7-12H2,1-2H3,(H,34,35)/t17-,26?,27?/m1/s1. The zero-order valence-corrected chi connectivity index (χ0v) is 20.5. The topological polar surface area (TPSA) is 107 Å². The Hall–Kier alpha value is -3.37. The fourth-order valence-electron chi connectivity index (χ4n) is 5.97. The summed E-state index contributed by atoms with van der Waals surface area (Å²) in [5, 5.41) is 22.9. The van der Waals surface area contributed by atoms with Gasteiger partial charge in [0.2, 0.25) is 0 Å². The fourth-order valence-corrected chi connectivity index (χ4v) is 6.18. The van der Waals surface area contributed by atoms with Gasteiger partial charge in [-0.15, -0.1) is 0 Å². The van der Waals surface area contributed by atoms with Crippen LogP contribution < -0.4 is 10.9 Å². The molecule has 3 aliphatic rings. The molecule has 180 valence electrons. The monoisotopic (exact) mass is 490 g/mol. The highest BCUT2D eigenvalue weighted by atomic mass is 35.5. The Balaban J connectivity index is 1.62. The number of nitriles is 1. The van der Waals surface area contributed by atoms with Gasteiger partial charge >= 0.3 is 5.97 Å². The van der Waals surface area contributed by atoms with Gasteiger partial charge in [0, 0.05) is 28.4 Å². The van der Waals surface area contributed by atoms with Gasteiger partial charge in [-0.25, -0.2) is 9.78 Å². The number of halogens is 1. The van der Waals surface area contributed by atoms with Crippen LogP contribution in [-0.4, -0.2) is 20.5 Å². The first-order chi connectivity index (χ1) is 16.7. The summed E-state index contributed by atoms with van der Waals surface area (Å²) in [5.41, 5.74) is 2.76. The van der Waals surface area contributed by atoms with Crippen LogP contribution in [-0.2, 0) is 5.41 Å². The lowest BCUT2D eigenvalue weighted by atomic mass is 9.53. The Morgan fingerprint density at radius 2 is 1.89 bits per heavy atom. The number of aromatic nitrogens is 2. The first-order valence-corrected chi connectivity index (χ1v) is 12.3. The van der Waals surface area contributed by atoms with Crippen molar-refractivity contribution in [1.82, 2.24) is 9.38 Å². The highest BCUT2D eigenvalue weighted by Gasteiger charge is 2.51. The fraction of sp³-hybridized carbons (Fsp3) is 0.407. The second kappa shape index (κ2) is 8.39. The molecule has 6 rings (SSSR count). The molecule has 0 spiro atoms. The predicted octanol–water partition coefficient (Wildman–Crippen LogP) is 5.64. The maximum atomic E-state index is 13.5. The number of pyridine rings is 1. The van der Waals surface area contributed by atoms with E-state index in [4.69, 9.17) is 16.6 Å². The number of hydrogen-bond donors (Lipinski definition) is 2. The average molecular weight is 491 g/mol. The molecule has 3 aromatic rings. The number of carboxylic acid groups (broad SMARTS) is 1. The van der Waals surface area contributed by atoms with E-state index in [-0.39, 0.29) is 28.0 Å². The first-order valence-electron chi connectivity index (χ1n) is 11.9. The van der Waals surface area contributed by atoms with Crippen LogP contribution in [0.2, 0.25) is 5.02 Å². The van der Waals surface area contributed by atoms with Crippen molar-refractivity contribution in [1.29, 1.82) is 5.26 Å². The number of nitrogens with one attached hydrogen (secondary N) is 1. The third-order valence-corrected chi connectivity index (χ3v) is 8.33. The molecule has 3 aliphatic carbocycles. The number of benzene rings is 1. The van der Waals surface area contributed by atoms with Gasteiger partial charge in [-0.2, -0.15) is 5.26 Å². The quantitative estimate of drug-likeness (QED) is 0.479. The Kier molecular flexibility index (Phi) is 5.60. The number of carboxylic acids is 1. The summed E-state index contributed by atoms with van der Waals surface area (Å²) < 4.78 is 1.50. The van der Waals surface area contributed by atoms with E-state index < -0.39 is 5.97 Å². The van der Waals surface area contributed by atoms with Gasteiger partial charge in [0.25, 0.3) is 5.56 Å². The highest BCUT2D eigenvalue weighted by Crippen LogP contribution is 2.57. The molecule has 2 bridgehead atoms. The number of aromatic carboxylic acids is 1. The number of anilines is 1. The smallest absolute Gasteiger partial charge is 0.337 e. The van der Waals surface area contributed by atoms with E-state index in [0.717, 1.165) is 44.2 Å². The number of carbonyl (C=O) groups is 1. The number of rotatable bonds is 5.